The van der Waals surface area contributed by atoms with Crippen molar-refractivity contribution in [1.82, 2.24) is 15.0 Å². The van der Waals surface area contributed by atoms with Crippen LogP contribution in [0.15, 0.2) is 22.7 Å². The zero-order chi connectivity index (χ0) is 21.6. The van der Waals surface area contributed by atoms with Gasteiger partial charge in [-0.15, -0.1) is 0 Å². The van der Waals surface area contributed by atoms with E-state index < -0.39 is 0 Å². The van der Waals surface area contributed by atoms with Crippen molar-refractivity contribution >= 4 is 11.6 Å². The van der Waals surface area contributed by atoms with Gasteiger partial charge in [0.2, 0.25) is 5.91 Å². The molecule has 8 heteroatoms. The van der Waals surface area contributed by atoms with Crippen LogP contribution in [0.1, 0.15) is 51.3 Å². The molecule has 2 aromatic rings. The summed E-state index contributed by atoms with van der Waals surface area (Å²) in [5, 5.41) is 4.20. The lowest BCUT2D eigenvalue weighted by Crippen LogP contribution is -2.44. The summed E-state index contributed by atoms with van der Waals surface area (Å²) < 4.78 is 26.0. The van der Waals surface area contributed by atoms with Gasteiger partial charge >= 0.3 is 0 Å². The second-order valence-electron chi connectivity index (χ2n) is 9.33. The molecule has 0 radical (unpaired) electrons. The fourth-order valence-corrected chi connectivity index (χ4v) is 4.62. The molecule has 3 fully saturated rings. The normalized spacial score (nSPS) is 21.2. The Morgan fingerprint density at radius 3 is 2.71 bits per heavy atom. The monoisotopic (exact) mass is 428 g/mol. The molecule has 1 aromatic carbocycles. The minimum absolute atomic E-state index is 0.0160. The maximum atomic E-state index is 14.6. The minimum Gasteiger partial charge on any atom is -0.371 e. The van der Waals surface area contributed by atoms with Gasteiger partial charge in [-0.3, -0.25) is 4.79 Å². The van der Waals surface area contributed by atoms with Gasteiger partial charge in [-0.1, -0.05) is 19.0 Å². The van der Waals surface area contributed by atoms with Crippen molar-refractivity contribution in [1.29, 1.82) is 0 Å². The van der Waals surface area contributed by atoms with E-state index >= 15 is 0 Å². The fourth-order valence-electron chi connectivity index (χ4n) is 4.62. The highest BCUT2D eigenvalue weighted by atomic mass is 19.1. The Kier molecular flexibility index (Phi) is 5.20. The van der Waals surface area contributed by atoms with Gasteiger partial charge in [0.1, 0.15) is 5.82 Å². The highest BCUT2D eigenvalue weighted by Crippen LogP contribution is 2.43. The maximum absolute atomic E-state index is 14.6. The summed E-state index contributed by atoms with van der Waals surface area (Å²) in [6.07, 6.45) is 3.72. The van der Waals surface area contributed by atoms with Crippen molar-refractivity contribution in [3.8, 4) is 11.5 Å². The molecular weight excluding hydrogens is 399 g/mol. The van der Waals surface area contributed by atoms with E-state index in [0.29, 0.717) is 43.6 Å². The molecule has 1 aliphatic carbocycles. The molecule has 166 valence electrons. The van der Waals surface area contributed by atoms with Crippen molar-refractivity contribution in [2.24, 2.45) is 5.92 Å². The number of piperidine rings is 1. The summed E-state index contributed by atoms with van der Waals surface area (Å²) in [7, 11) is 0. The molecular formula is C23H29FN4O3. The fraction of sp³-hybridized carbons (Fsp3) is 0.609. The molecule has 7 nitrogen and oxygen atoms in total. The second-order valence-corrected chi connectivity index (χ2v) is 9.33. The van der Waals surface area contributed by atoms with Crippen LogP contribution >= 0.6 is 0 Å². The zero-order valence-electron chi connectivity index (χ0n) is 18.1. The van der Waals surface area contributed by atoms with Crippen LogP contribution in [-0.2, 0) is 9.53 Å². The Balaban J connectivity index is 1.29. The van der Waals surface area contributed by atoms with Crippen molar-refractivity contribution < 1.29 is 18.4 Å². The number of aromatic nitrogens is 2. The number of rotatable bonds is 4. The summed E-state index contributed by atoms with van der Waals surface area (Å²) in [5.41, 5.74) is 1.20. The van der Waals surface area contributed by atoms with Gasteiger partial charge < -0.3 is 19.1 Å². The Bertz CT molecular complexity index is 963. The van der Waals surface area contributed by atoms with Crippen molar-refractivity contribution in [3.63, 3.8) is 0 Å². The molecule has 31 heavy (non-hydrogen) atoms. The first kappa shape index (κ1) is 20.4. The summed E-state index contributed by atoms with van der Waals surface area (Å²) in [6.45, 7) is 7.29. The Labute approximate surface area is 181 Å². The smallest absolute Gasteiger partial charge is 0.258 e. The predicted octanol–water partition coefficient (Wildman–Crippen LogP) is 3.61. The minimum atomic E-state index is -0.247. The molecule has 0 unspecified atom stereocenters. The number of likely N-dealkylation sites (tertiary alicyclic amines) is 1. The number of hydrogen-bond acceptors (Lipinski definition) is 6. The number of ether oxygens (including phenoxy) is 1. The van der Waals surface area contributed by atoms with E-state index in [1.165, 1.54) is 6.07 Å². The molecule has 3 aliphatic rings. The van der Waals surface area contributed by atoms with Crippen LogP contribution in [-0.4, -0.2) is 59.3 Å². The number of hydrogen-bond donors (Lipinski definition) is 0. The van der Waals surface area contributed by atoms with Crippen LogP contribution in [0.25, 0.3) is 11.5 Å². The van der Waals surface area contributed by atoms with Crippen LogP contribution in [0.3, 0.4) is 0 Å². The molecule has 1 saturated carbocycles. The second kappa shape index (κ2) is 7.89. The first-order valence-corrected chi connectivity index (χ1v) is 11.3. The van der Waals surface area contributed by atoms with E-state index in [0.717, 1.165) is 37.8 Å². The summed E-state index contributed by atoms with van der Waals surface area (Å²) in [5.74, 6) is 1.21. The van der Waals surface area contributed by atoms with Gasteiger partial charge in [0.15, 0.2) is 5.82 Å². The number of halogens is 1. The Morgan fingerprint density at radius 2 is 2.00 bits per heavy atom. The van der Waals surface area contributed by atoms with Gasteiger partial charge in [-0.05, 0) is 43.9 Å². The molecule has 3 heterocycles. The SMILES string of the molecule is CC(C)C(=O)N1CCC(c2noc(-c3ccc(F)c(N4CCOC5(CC5)C4)c3)n2)CC1. The molecule has 5 rings (SSSR count). The van der Waals surface area contributed by atoms with Gasteiger partial charge in [-0.25, -0.2) is 4.39 Å². The molecule has 1 aromatic heterocycles. The molecule has 1 spiro atoms. The standard InChI is InChI=1S/C23H29FN4O3/c1-15(2)22(29)27-9-5-16(6-10-27)20-25-21(31-26-20)17-3-4-18(24)19(13-17)28-11-12-30-23(14-28)7-8-23/h3-4,13,15-16H,5-12,14H2,1-2H3. The zero-order valence-corrected chi connectivity index (χ0v) is 18.1. The summed E-state index contributed by atoms with van der Waals surface area (Å²) >= 11 is 0. The third kappa shape index (κ3) is 4.05. The topological polar surface area (TPSA) is 71.7 Å². The summed E-state index contributed by atoms with van der Waals surface area (Å²) in [6, 6.07) is 4.96. The van der Waals surface area contributed by atoms with Crippen molar-refractivity contribution in [3.05, 3.63) is 29.8 Å². The third-order valence-corrected chi connectivity index (χ3v) is 6.70. The van der Waals surface area contributed by atoms with Gasteiger partial charge in [-0.2, -0.15) is 4.98 Å². The number of carbonyl (C=O) groups excluding carboxylic acids is 1. The predicted molar refractivity (Wildman–Crippen MR) is 113 cm³/mol. The third-order valence-electron chi connectivity index (χ3n) is 6.70. The van der Waals surface area contributed by atoms with Crippen molar-refractivity contribution in [2.75, 3.05) is 37.7 Å². The Hall–Kier alpha value is -2.48. The molecule has 2 aliphatic heterocycles. The number of carbonyl (C=O) groups is 1. The molecule has 0 bridgehead atoms. The largest absolute Gasteiger partial charge is 0.371 e. The molecule has 0 atom stereocenters. The maximum Gasteiger partial charge on any atom is 0.258 e. The molecule has 2 saturated heterocycles. The number of anilines is 1. The lowest BCUT2D eigenvalue weighted by Gasteiger charge is -2.35. The lowest BCUT2D eigenvalue weighted by atomic mass is 9.95. The first-order valence-electron chi connectivity index (χ1n) is 11.3. The average molecular weight is 429 g/mol. The molecule has 0 N–H and O–H groups in total. The van der Waals surface area contributed by atoms with Gasteiger partial charge in [0.05, 0.1) is 17.9 Å². The van der Waals surface area contributed by atoms with E-state index in [1.807, 2.05) is 18.7 Å². The van der Waals surface area contributed by atoms with E-state index in [1.54, 1.807) is 12.1 Å². The number of amides is 1. The van der Waals surface area contributed by atoms with Gasteiger partial charge in [0, 0.05) is 43.6 Å². The molecule has 1 amide bonds. The number of morpholine rings is 1. The summed E-state index contributed by atoms with van der Waals surface area (Å²) in [4.78, 5) is 20.8. The van der Waals surface area contributed by atoms with Crippen LogP contribution in [0.5, 0.6) is 0 Å². The van der Waals surface area contributed by atoms with E-state index in [4.69, 9.17) is 9.26 Å². The highest BCUT2D eigenvalue weighted by molar-refractivity contribution is 5.78. The van der Waals surface area contributed by atoms with E-state index in [2.05, 4.69) is 15.0 Å². The van der Waals surface area contributed by atoms with E-state index in [-0.39, 0.29) is 29.2 Å². The number of nitrogens with zero attached hydrogens (tertiary/aromatic N) is 4. The average Bonchev–Trinajstić information content (AvgIpc) is 3.33. The van der Waals surface area contributed by atoms with Crippen molar-refractivity contribution in [2.45, 2.75) is 51.0 Å². The first-order chi connectivity index (χ1) is 14.9. The number of benzene rings is 1. The van der Waals surface area contributed by atoms with E-state index in [9.17, 15) is 9.18 Å². The quantitative estimate of drug-likeness (QED) is 0.741. The van der Waals surface area contributed by atoms with Crippen LogP contribution in [0.2, 0.25) is 0 Å². The van der Waals surface area contributed by atoms with Crippen LogP contribution in [0, 0.1) is 11.7 Å². The van der Waals surface area contributed by atoms with Crippen LogP contribution < -0.4 is 4.90 Å². The van der Waals surface area contributed by atoms with Crippen LogP contribution in [0.4, 0.5) is 10.1 Å². The van der Waals surface area contributed by atoms with Gasteiger partial charge in [0.25, 0.3) is 5.89 Å². The lowest BCUT2D eigenvalue weighted by molar-refractivity contribution is -0.135. The Morgan fingerprint density at radius 1 is 1.23 bits per heavy atom. The highest BCUT2D eigenvalue weighted by Gasteiger charge is 2.47.